The number of furan rings is 1. The van der Waals surface area contributed by atoms with Crippen LogP contribution in [0.1, 0.15) is 24.2 Å². The van der Waals surface area contributed by atoms with Crippen molar-refractivity contribution in [3.05, 3.63) is 96.4 Å². The highest BCUT2D eigenvalue weighted by Gasteiger charge is 2.51. The minimum Gasteiger partial charge on any atom is -0.468 e. The summed E-state index contributed by atoms with van der Waals surface area (Å²) in [6.45, 7) is 0.890. The quantitative estimate of drug-likeness (QED) is 0.293. The molecule has 1 aromatic heterocycles. The first-order valence-electron chi connectivity index (χ1n) is 11.5. The molecule has 1 fully saturated rings. The maximum Gasteiger partial charge on any atom is 0.235 e. The molecule has 1 aliphatic heterocycles. The lowest BCUT2D eigenvalue weighted by Gasteiger charge is -2.17. The Morgan fingerprint density at radius 1 is 0.886 bits per heavy atom. The van der Waals surface area contributed by atoms with Crippen LogP contribution in [0.3, 0.4) is 0 Å². The minimum atomic E-state index is -0.501. The predicted octanol–water partition coefficient (Wildman–Crippen LogP) is 6.14. The summed E-state index contributed by atoms with van der Waals surface area (Å²) in [5.74, 6) is 2.36. The molecule has 3 aromatic carbocycles. The van der Waals surface area contributed by atoms with Crippen molar-refractivity contribution in [3.8, 4) is 22.6 Å². The first-order chi connectivity index (χ1) is 17.2. The number of hydrogen-bond donors (Lipinski definition) is 2. The third-order valence-electron chi connectivity index (χ3n) is 6.43. The van der Waals surface area contributed by atoms with Gasteiger partial charge in [-0.1, -0.05) is 30.3 Å². The van der Waals surface area contributed by atoms with E-state index < -0.39 is 5.41 Å². The van der Waals surface area contributed by atoms with Crippen LogP contribution in [0, 0.1) is 0 Å². The van der Waals surface area contributed by atoms with Crippen LogP contribution in [-0.2, 0) is 16.8 Å². The van der Waals surface area contributed by atoms with Crippen molar-refractivity contribution in [2.75, 3.05) is 12.1 Å². The molecule has 6 rings (SSSR count). The minimum absolute atomic E-state index is 0.0166. The number of amides is 1. The molecule has 6 nitrogen and oxygen atoms in total. The Morgan fingerprint density at radius 2 is 1.74 bits per heavy atom. The molecule has 2 N–H and O–H groups in total. The predicted molar refractivity (Wildman–Crippen MR) is 135 cm³/mol. The molecule has 35 heavy (non-hydrogen) atoms. The van der Waals surface area contributed by atoms with Crippen LogP contribution in [0.15, 0.2) is 94.4 Å². The lowest BCUT2D eigenvalue weighted by molar-refractivity contribution is -0.118. The number of carbonyl (C=O) groups is 1. The van der Waals surface area contributed by atoms with Crippen molar-refractivity contribution in [1.82, 2.24) is 4.72 Å². The number of hydrogen-bond acceptors (Lipinski definition) is 6. The number of ether oxygens (including phenoxy) is 2. The van der Waals surface area contributed by atoms with E-state index in [1.165, 1.54) is 0 Å². The third-order valence-corrected chi connectivity index (χ3v) is 7.23. The van der Waals surface area contributed by atoms with Crippen molar-refractivity contribution in [3.63, 3.8) is 0 Å². The molecule has 1 amide bonds. The summed E-state index contributed by atoms with van der Waals surface area (Å²) in [5.41, 5.74) is 3.41. The Balaban J connectivity index is 1.12. The van der Waals surface area contributed by atoms with E-state index in [1.807, 2.05) is 48.5 Å². The Hall–Kier alpha value is -3.68. The molecule has 4 aromatic rings. The van der Waals surface area contributed by atoms with Crippen molar-refractivity contribution >= 4 is 23.5 Å². The average molecular weight is 485 g/mol. The average Bonchev–Trinajstić information content (AvgIpc) is 3.29. The number of rotatable bonds is 8. The van der Waals surface area contributed by atoms with Gasteiger partial charge in [0.05, 0.1) is 18.2 Å². The van der Waals surface area contributed by atoms with Gasteiger partial charge in [-0.3, -0.25) is 9.52 Å². The number of benzene rings is 3. The fraction of sp³-hybridized carbons (Fsp3) is 0.179. The summed E-state index contributed by atoms with van der Waals surface area (Å²) < 4.78 is 19.6. The van der Waals surface area contributed by atoms with Crippen LogP contribution in [0.5, 0.6) is 11.5 Å². The van der Waals surface area contributed by atoms with E-state index in [-0.39, 0.29) is 12.7 Å². The first kappa shape index (κ1) is 21.8. The Bertz CT molecular complexity index is 1350. The van der Waals surface area contributed by atoms with Gasteiger partial charge in [0, 0.05) is 10.6 Å². The van der Waals surface area contributed by atoms with Crippen LogP contribution in [0.25, 0.3) is 11.1 Å². The summed E-state index contributed by atoms with van der Waals surface area (Å²) in [7, 11) is 0. The SMILES string of the molecule is O=C(Nc1cccc(-c2ccc(SNCc3ccco3)cc2)c1)C1(c2ccc3c(c2)OCO3)CC1. The molecular formula is C28H24N2O4S. The van der Waals surface area contributed by atoms with Gasteiger partial charge in [-0.2, -0.15) is 0 Å². The van der Waals surface area contributed by atoms with Crippen molar-refractivity contribution in [2.45, 2.75) is 29.7 Å². The van der Waals surface area contributed by atoms with Gasteiger partial charge < -0.3 is 19.2 Å². The molecule has 2 aliphatic rings. The zero-order valence-electron chi connectivity index (χ0n) is 19.0. The Kier molecular flexibility index (Phi) is 5.72. The summed E-state index contributed by atoms with van der Waals surface area (Å²) in [4.78, 5) is 14.4. The molecule has 1 saturated carbocycles. The Labute approximate surface area is 207 Å². The largest absolute Gasteiger partial charge is 0.468 e. The molecular weight excluding hydrogens is 460 g/mol. The summed E-state index contributed by atoms with van der Waals surface area (Å²) in [5, 5.41) is 3.14. The van der Waals surface area contributed by atoms with E-state index in [4.69, 9.17) is 13.9 Å². The molecule has 0 unspecified atom stereocenters. The first-order valence-corrected chi connectivity index (χ1v) is 12.4. The second-order valence-electron chi connectivity index (χ2n) is 8.71. The Morgan fingerprint density at radius 3 is 2.54 bits per heavy atom. The molecule has 0 saturated heterocycles. The van der Waals surface area contributed by atoms with E-state index in [9.17, 15) is 4.79 Å². The highest BCUT2D eigenvalue weighted by atomic mass is 32.2. The van der Waals surface area contributed by atoms with Crippen LogP contribution in [0.2, 0.25) is 0 Å². The van der Waals surface area contributed by atoms with E-state index in [0.29, 0.717) is 12.3 Å². The van der Waals surface area contributed by atoms with Gasteiger partial charge >= 0.3 is 0 Å². The number of fused-ring (bicyclic) bond motifs is 1. The zero-order chi connectivity index (χ0) is 23.7. The lowest BCUT2D eigenvalue weighted by Crippen LogP contribution is -2.27. The zero-order valence-corrected chi connectivity index (χ0v) is 19.8. The molecule has 0 bridgehead atoms. The topological polar surface area (TPSA) is 72.7 Å². The molecule has 0 atom stereocenters. The van der Waals surface area contributed by atoms with E-state index in [0.717, 1.165) is 51.6 Å². The van der Waals surface area contributed by atoms with Gasteiger partial charge in [0.2, 0.25) is 12.7 Å². The van der Waals surface area contributed by atoms with Crippen molar-refractivity contribution < 1.29 is 18.7 Å². The van der Waals surface area contributed by atoms with Gasteiger partial charge in [-0.05, 0) is 90.0 Å². The van der Waals surface area contributed by atoms with Gasteiger partial charge in [-0.15, -0.1) is 0 Å². The maximum absolute atomic E-state index is 13.3. The maximum atomic E-state index is 13.3. The van der Waals surface area contributed by atoms with Crippen LogP contribution >= 0.6 is 11.9 Å². The van der Waals surface area contributed by atoms with Gasteiger partial charge in [-0.25, -0.2) is 0 Å². The van der Waals surface area contributed by atoms with E-state index in [2.05, 4.69) is 40.4 Å². The molecule has 176 valence electrons. The lowest BCUT2D eigenvalue weighted by atomic mass is 9.94. The molecule has 2 heterocycles. The highest BCUT2D eigenvalue weighted by Crippen LogP contribution is 2.51. The molecule has 7 heteroatoms. The van der Waals surface area contributed by atoms with Crippen molar-refractivity contribution in [1.29, 1.82) is 0 Å². The fourth-order valence-electron chi connectivity index (χ4n) is 4.31. The van der Waals surface area contributed by atoms with E-state index in [1.54, 1.807) is 18.2 Å². The normalized spacial score (nSPS) is 15.1. The van der Waals surface area contributed by atoms with E-state index >= 15 is 0 Å². The van der Waals surface area contributed by atoms with Crippen molar-refractivity contribution in [2.24, 2.45) is 0 Å². The fourth-order valence-corrected chi connectivity index (χ4v) is 4.97. The van der Waals surface area contributed by atoms with Crippen LogP contribution in [-0.4, -0.2) is 12.7 Å². The summed E-state index contributed by atoms with van der Waals surface area (Å²) in [6.07, 6.45) is 3.32. The number of carbonyl (C=O) groups excluding carboxylic acids is 1. The standard InChI is InChI=1S/C28H24N2O4S/c31-27(28(12-13-28)21-8-11-25-26(16-21)34-18-33-25)30-22-4-1-3-20(15-22)19-6-9-24(10-7-19)35-29-17-23-5-2-14-32-23/h1-11,14-16,29H,12-13,17-18H2,(H,30,31). The van der Waals surface area contributed by atoms with Gasteiger partial charge in [0.1, 0.15) is 5.76 Å². The molecule has 1 aliphatic carbocycles. The van der Waals surface area contributed by atoms with Gasteiger partial charge in [0.15, 0.2) is 11.5 Å². The second kappa shape index (κ2) is 9.17. The smallest absolute Gasteiger partial charge is 0.235 e. The number of nitrogens with one attached hydrogen (secondary N) is 2. The van der Waals surface area contributed by atoms with Crippen LogP contribution in [0.4, 0.5) is 5.69 Å². The molecule has 0 radical (unpaired) electrons. The molecule has 0 spiro atoms. The second-order valence-corrected chi connectivity index (χ2v) is 9.68. The monoisotopic (exact) mass is 484 g/mol. The number of anilines is 1. The summed E-state index contributed by atoms with van der Waals surface area (Å²) >= 11 is 1.57. The highest BCUT2D eigenvalue weighted by molar-refractivity contribution is 7.97. The summed E-state index contributed by atoms with van der Waals surface area (Å²) in [6, 6.07) is 25.9. The van der Waals surface area contributed by atoms with Crippen LogP contribution < -0.4 is 19.5 Å². The third kappa shape index (κ3) is 4.52. The van der Waals surface area contributed by atoms with Gasteiger partial charge in [0.25, 0.3) is 0 Å².